The van der Waals surface area contributed by atoms with Crippen LogP contribution in [-0.2, 0) is 0 Å². The zero-order valence-electron chi connectivity index (χ0n) is 11.5. The third-order valence-electron chi connectivity index (χ3n) is 4.65. The Labute approximate surface area is 109 Å². The third-order valence-corrected chi connectivity index (χ3v) is 5.70. The normalized spacial score (nSPS) is 24.9. The van der Waals surface area contributed by atoms with Crippen molar-refractivity contribution in [1.29, 1.82) is 0 Å². The van der Waals surface area contributed by atoms with Gasteiger partial charge in [0.25, 0.3) is 0 Å². The van der Waals surface area contributed by atoms with Crippen LogP contribution in [0.4, 0.5) is 0 Å². The zero-order chi connectivity index (χ0) is 12.1. The van der Waals surface area contributed by atoms with E-state index in [-0.39, 0.29) is 5.66 Å². The lowest BCUT2D eigenvalue weighted by Gasteiger charge is -2.51. The van der Waals surface area contributed by atoms with Gasteiger partial charge in [0.1, 0.15) is 0 Å². The highest BCUT2D eigenvalue weighted by atomic mass is 28.1. The number of likely N-dealkylation sites (tertiary alicyclic amines) is 2. The van der Waals surface area contributed by atoms with Crippen molar-refractivity contribution in [2.24, 2.45) is 0 Å². The number of nitrogens with zero attached hydrogens (tertiary/aromatic N) is 2. The summed E-state index contributed by atoms with van der Waals surface area (Å²) in [6.45, 7) is 9.32. The van der Waals surface area contributed by atoms with Crippen LogP contribution >= 0.6 is 0 Å². The predicted octanol–water partition coefficient (Wildman–Crippen LogP) is 1.62. The molecule has 2 fully saturated rings. The summed E-state index contributed by atoms with van der Waals surface area (Å²) >= 11 is 0. The van der Waals surface area contributed by atoms with Gasteiger partial charge in [-0.3, -0.25) is 9.80 Å². The predicted molar refractivity (Wildman–Crippen MR) is 78.5 cm³/mol. The maximum atomic E-state index is 4.19. The van der Waals surface area contributed by atoms with E-state index in [1.165, 1.54) is 81.0 Å². The van der Waals surface area contributed by atoms with Crippen LogP contribution in [0.25, 0.3) is 0 Å². The van der Waals surface area contributed by atoms with Crippen molar-refractivity contribution in [2.75, 3.05) is 26.2 Å². The van der Waals surface area contributed by atoms with Gasteiger partial charge in [-0.15, -0.1) is 0 Å². The van der Waals surface area contributed by atoms with Gasteiger partial charge in [0, 0.05) is 36.4 Å². The summed E-state index contributed by atoms with van der Waals surface area (Å²) in [5.41, 5.74) is 0.215. The molecule has 2 aliphatic rings. The highest BCUT2D eigenvalue weighted by Crippen LogP contribution is 2.31. The summed E-state index contributed by atoms with van der Waals surface area (Å²) in [5, 5.41) is 0. The summed E-state index contributed by atoms with van der Waals surface area (Å²) in [4.78, 5) is 5.45. The van der Waals surface area contributed by atoms with Crippen LogP contribution in [0, 0.1) is 0 Å². The van der Waals surface area contributed by atoms with Crippen molar-refractivity contribution in [3.63, 3.8) is 0 Å². The Hall–Kier alpha value is -0.123. The molecule has 98 valence electrons. The molecular formula is C14H28N2Si. The van der Waals surface area contributed by atoms with Crippen LogP contribution in [0.3, 0.4) is 0 Å². The second-order valence-electron chi connectivity index (χ2n) is 5.53. The van der Waals surface area contributed by atoms with Gasteiger partial charge in [-0.25, -0.2) is 0 Å². The van der Waals surface area contributed by atoms with E-state index < -0.39 is 0 Å². The van der Waals surface area contributed by atoms with Gasteiger partial charge in [-0.1, -0.05) is 25.5 Å². The minimum Gasteiger partial charge on any atom is -0.282 e. The number of hydrogen-bond acceptors (Lipinski definition) is 2. The van der Waals surface area contributed by atoms with Crippen molar-refractivity contribution < 1.29 is 0 Å². The molecule has 0 unspecified atom stereocenters. The van der Waals surface area contributed by atoms with Crippen LogP contribution < -0.4 is 0 Å². The monoisotopic (exact) mass is 252 g/mol. The number of rotatable bonds is 4. The second-order valence-corrected chi connectivity index (χ2v) is 6.24. The van der Waals surface area contributed by atoms with E-state index in [1.807, 2.05) is 0 Å². The van der Waals surface area contributed by atoms with E-state index >= 15 is 0 Å². The molecule has 0 saturated carbocycles. The van der Waals surface area contributed by atoms with Crippen molar-refractivity contribution in [3.8, 4) is 0 Å². The third kappa shape index (κ3) is 2.66. The van der Waals surface area contributed by atoms with Gasteiger partial charge >= 0.3 is 0 Å². The molecule has 2 aliphatic heterocycles. The molecule has 0 aromatic heterocycles. The Morgan fingerprint density at radius 1 is 0.882 bits per heavy atom. The van der Waals surface area contributed by atoms with Crippen molar-refractivity contribution >= 4 is 10.2 Å². The minimum atomic E-state index is 0.215. The molecule has 2 rings (SSSR count). The van der Waals surface area contributed by atoms with Gasteiger partial charge in [0.2, 0.25) is 0 Å². The Balaban J connectivity index is 2.13. The summed E-state index contributed by atoms with van der Waals surface area (Å²) in [6, 6.07) is 1.32. The first-order chi connectivity index (χ1) is 8.33. The molecule has 0 aliphatic carbocycles. The van der Waals surface area contributed by atoms with E-state index in [0.29, 0.717) is 0 Å². The number of piperidine rings is 2. The van der Waals surface area contributed by atoms with Crippen LogP contribution in [0.2, 0.25) is 6.04 Å². The molecule has 0 atom stereocenters. The highest BCUT2D eigenvalue weighted by Gasteiger charge is 2.38. The minimum absolute atomic E-state index is 0.215. The maximum Gasteiger partial charge on any atom is 0.0894 e. The number of hydrogen-bond donors (Lipinski definition) is 0. The second kappa shape index (κ2) is 6.16. The molecular weight excluding hydrogens is 224 g/mol. The fraction of sp³-hybridized carbons (Fsp3) is 0.857. The van der Waals surface area contributed by atoms with Gasteiger partial charge in [0.05, 0.1) is 5.66 Å². The van der Waals surface area contributed by atoms with Crippen molar-refractivity contribution in [2.45, 2.75) is 50.2 Å². The summed E-state index contributed by atoms with van der Waals surface area (Å²) in [6.07, 6.45) is 10.6. The average molecular weight is 252 g/mol. The standard InChI is InChI=1S/C14H28N2Si/c1-2-14(13-17,15-9-5-3-6-10-15)16-11-7-4-8-12-16/h2H,1,3-13H2,17H3. The fourth-order valence-corrected chi connectivity index (χ4v) is 4.80. The van der Waals surface area contributed by atoms with E-state index in [9.17, 15) is 0 Å². The molecule has 0 N–H and O–H groups in total. The summed E-state index contributed by atoms with van der Waals surface area (Å²) in [5.74, 6) is 0. The van der Waals surface area contributed by atoms with Gasteiger partial charge < -0.3 is 0 Å². The van der Waals surface area contributed by atoms with Gasteiger partial charge in [-0.2, -0.15) is 0 Å². The van der Waals surface area contributed by atoms with Crippen LogP contribution in [-0.4, -0.2) is 51.9 Å². The van der Waals surface area contributed by atoms with E-state index in [2.05, 4.69) is 22.5 Å². The van der Waals surface area contributed by atoms with Crippen LogP contribution in [0.1, 0.15) is 38.5 Å². The van der Waals surface area contributed by atoms with Crippen molar-refractivity contribution in [3.05, 3.63) is 12.7 Å². The van der Waals surface area contributed by atoms with Gasteiger partial charge in [-0.05, 0) is 31.7 Å². The molecule has 0 amide bonds. The maximum absolute atomic E-state index is 4.19. The zero-order valence-corrected chi connectivity index (χ0v) is 13.5. The SMILES string of the molecule is C=CC(C[SiH3])(N1CCCCC1)N1CCCCC1. The van der Waals surface area contributed by atoms with Crippen LogP contribution in [0.5, 0.6) is 0 Å². The molecule has 0 aromatic carbocycles. The van der Waals surface area contributed by atoms with Crippen molar-refractivity contribution in [1.82, 2.24) is 9.80 Å². The van der Waals surface area contributed by atoms with E-state index in [0.717, 1.165) is 0 Å². The lowest BCUT2D eigenvalue weighted by molar-refractivity contribution is -0.0287. The molecule has 0 spiro atoms. The first kappa shape index (κ1) is 13.3. The van der Waals surface area contributed by atoms with E-state index in [1.54, 1.807) is 0 Å². The molecule has 3 heteroatoms. The molecule has 0 bridgehead atoms. The molecule has 2 heterocycles. The lowest BCUT2D eigenvalue weighted by Crippen LogP contribution is -2.61. The fourth-order valence-electron chi connectivity index (χ4n) is 3.61. The summed E-state index contributed by atoms with van der Waals surface area (Å²) in [7, 11) is 1.27. The van der Waals surface area contributed by atoms with E-state index in [4.69, 9.17) is 0 Å². The Morgan fingerprint density at radius 2 is 1.29 bits per heavy atom. The Bertz CT molecular complexity index is 225. The smallest absolute Gasteiger partial charge is 0.0894 e. The quantitative estimate of drug-likeness (QED) is 0.554. The first-order valence-electron chi connectivity index (χ1n) is 7.47. The summed E-state index contributed by atoms with van der Waals surface area (Å²) < 4.78 is 0. The Morgan fingerprint density at radius 3 is 1.59 bits per heavy atom. The largest absolute Gasteiger partial charge is 0.282 e. The first-order valence-corrected chi connectivity index (χ1v) is 8.88. The Kier molecular flexibility index (Phi) is 4.83. The topological polar surface area (TPSA) is 6.48 Å². The molecule has 2 saturated heterocycles. The lowest BCUT2D eigenvalue weighted by atomic mass is 9.99. The highest BCUT2D eigenvalue weighted by molar-refractivity contribution is 6.09. The average Bonchev–Trinajstić information content (AvgIpc) is 2.43. The molecule has 17 heavy (non-hydrogen) atoms. The molecule has 0 radical (unpaired) electrons. The molecule has 2 nitrogen and oxygen atoms in total. The molecule has 0 aromatic rings. The van der Waals surface area contributed by atoms with Gasteiger partial charge in [0.15, 0.2) is 0 Å². The van der Waals surface area contributed by atoms with Crippen LogP contribution in [0.15, 0.2) is 12.7 Å².